The van der Waals surface area contributed by atoms with Gasteiger partial charge in [-0.1, -0.05) is 24.3 Å². The molecule has 0 radical (unpaired) electrons. The molecule has 1 aromatic carbocycles. The number of hydrogen-bond acceptors (Lipinski definition) is 2. The van der Waals surface area contributed by atoms with Crippen LogP contribution in [-0.2, 0) is 19.1 Å². The summed E-state index contributed by atoms with van der Waals surface area (Å²) >= 11 is 1.69. The van der Waals surface area contributed by atoms with Crippen LogP contribution >= 0.6 is 11.3 Å². The van der Waals surface area contributed by atoms with Gasteiger partial charge < -0.3 is 5.32 Å². The van der Waals surface area contributed by atoms with Gasteiger partial charge in [0.25, 0.3) is 0 Å². The number of alkyl halides is 3. The van der Waals surface area contributed by atoms with Gasteiger partial charge in [0.15, 0.2) is 0 Å². The van der Waals surface area contributed by atoms with E-state index < -0.39 is 11.7 Å². The Bertz CT molecular complexity index is 506. The third-order valence-electron chi connectivity index (χ3n) is 2.71. The molecular weight excluding hydrogens is 271 g/mol. The van der Waals surface area contributed by atoms with Crippen LogP contribution in [0.3, 0.4) is 0 Å². The Balaban J connectivity index is 1.83. The zero-order chi connectivity index (χ0) is 13.7. The maximum Gasteiger partial charge on any atom is 0.416 e. The van der Waals surface area contributed by atoms with Gasteiger partial charge in [-0.15, -0.1) is 11.3 Å². The summed E-state index contributed by atoms with van der Waals surface area (Å²) in [6.45, 7) is 1.21. The van der Waals surface area contributed by atoms with Gasteiger partial charge >= 0.3 is 6.18 Å². The van der Waals surface area contributed by atoms with Crippen LogP contribution in [0.4, 0.5) is 13.2 Å². The van der Waals surface area contributed by atoms with Gasteiger partial charge in [-0.05, 0) is 29.5 Å². The van der Waals surface area contributed by atoms with Crippen molar-refractivity contribution >= 4 is 11.3 Å². The summed E-state index contributed by atoms with van der Waals surface area (Å²) in [6, 6.07) is 9.48. The molecule has 2 rings (SSSR count). The summed E-state index contributed by atoms with van der Waals surface area (Å²) in [5.74, 6) is 0. The Kier molecular flexibility index (Phi) is 4.61. The molecule has 2 aromatic rings. The highest BCUT2D eigenvalue weighted by Crippen LogP contribution is 2.29. The van der Waals surface area contributed by atoms with Gasteiger partial charge in [0, 0.05) is 18.0 Å². The van der Waals surface area contributed by atoms with Crippen LogP contribution in [0.15, 0.2) is 41.8 Å². The molecule has 0 spiro atoms. The largest absolute Gasteiger partial charge is 0.416 e. The first-order valence-electron chi connectivity index (χ1n) is 5.95. The minimum Gasteiger partial charge on any atom is -0.312 e. The van der Waals surface area contributed by atoms with Gasteiger partial charge in [-0.2, -0.15) is 13.2 Å². The first kappa shape index (κ1) is 14.1. The summed E-state index contributed by atoms with van der Waals surface area (Å²) in [6.07, 6.45) is -3.37. The van der Waals surface area contributed by atoms with Gasteiger partial charge in [0.2, 0.25) is 0 Å². The molecule has 0 saturated heterocycles. The van der Waals surface area contributed by atoms with E-state index in [1.165, 1.54) is 17.0 Å². The van der Waals surface area contributed by atoms with E-state index >= 15 is 0 Å². The highest BCUT2D eigenvalue weighted by Gasteiger charge is 2.30. The fourth-order valence-electron chi connectivity index (χ4n) is 1.76. The molecule has 0 saturated carbocycles. The summed E-state index contributed by atoms with van der Waals surface area (Å²) in [7, 11) is 0. The molecule has 0 aliphatic heterocycles. The SMILES string of the molecule is FC(F)(F)c1cccc(CNCCc2cccs2)c1. The van der Waals surface area contributed by atoms with Gasteiger partial charge in [-0.25, -0.2) is 0 Å². The van der Waals surface area contributed by atoms with Crippen molar-refractivity contribution in [2.24, 2.45) is 0 Å². The maximum absolute atomic E-state index is 12.5. The van der Waals surface area contributed by atoms with E-state index in [0.717, 1.165) is 19.0 Å². The predicted molar refractivity (Wildman–Crippen MR) is 71.2 cm³/mol. The second kappa shape index (κ2) is 6.21. The summed E-state index contributed by atoms with van der Waals surface area (Å²) in [5, 5.41) is 5.17. The van der Waals surface area contributed by atoms with Gasteiger partial charge in [0.1, 0.15) is 0 Å². The van der Waals surface area contributed by atoms with E-state index in [9.17, 15) is 13.2 Å². The zero-order valence-corrected chi connectivity index (χ0v) is 11.0. The standard InChI is InChI=1S/C14H14F3NS/c15-14(16,17)12-4-1-3-11(9-12)10-18-7-6-13-5-2-8-19-13/h1-5,8-9,18H,6-7,10H2. The topological polar surface area (TPSA) is 12.0 Å². The Morgan fingerprint density at radius 2 is 1.95 bits per heavy atom. The molecule has 0 unspecified atom stereocenters. The number of benzene rings is 1. The van der Waals surface area contributed by atoms with Crippen LogP contribution < -0.4 is 5.32 Å². The molecule has 19 heavy (non-hydrogen) atoms. The smallest absolute Gasteiger partial charge is 0.312 e. The summed E-state index contributed by atoms with van der Waals surface area (Å²) in [4.78, 5) is 1.27. The van der Waals surface area contributed by atoms with Crippen LogP contribution in [0.1, 0.15) is 16.0 Å². The lowest BCUT2D eigenvalue weighted by atomic mass is 10.1. The van der Waals surface area contributed by atoms with Crippen LogP contribution in [0.25, 0.3) is 0 Å². The second-order valence-corrected chi connectivity index (χ2v) is 5.24. The molecule has 0 amide bonds. The van der Waals surface area contributed by atoms with Crippen LogP contribution in [0.5, 0.6) is 0 Å². The highest BCUT2D eigenvalue weighted by molar-refractivity contribution is 7.09. The van der Waals surface area contributed by atoms with Crippen molar-refractivity contribution in [1.82, 2.24) is 5.32 Å². The zero-order valence-electron chi connectivity index (χ0n) is 10.2. The van der Waals surface area contributed by atoms with Gasteiger partial charge in [-0.3, -0.25) is 0 Å². The molecule has 0 atom stereocenters. The molecule has 1 heterocycles. The molecule has 0 aliphatic rings. The average Bonchev–Trinajstić information content (AvgIpc) is 2.87. The van der Waals surface area contributed by atoms with Gasteiger partial charge in [0.05, 0.1) is 5.56 Å². The quantitative estimate of drug-likeness (QED) is 0.816. The van der Waals surface area contributed by atoms with Crippen molar-refractivity contribution in [3.05, 3.63) is 57.8 Å². The van der Waals surface area contributed by atoms with E-state index in [2.05, 4.69) is 11.4 Å². The van der Waals surface area contributed by atoms with Crippen LogP contribution in [0, 0.1) is 0 Å². The number of halogens is 3. The fraction of sp³-hybridized carbons (Fsp3) is 0.286. The Labute approximate surface area is 114 Å². The minimum atomic E-state index is -4.27. The monoisotopic (exact) mass is 285 g/mol. The van der Waals surface area contributed by atoms with E-state index in [0.29, 0.717) is 12.1 Å². The first-order chi connectivity index (χ1) is 9.05. The molecular formula is C14H14F3NS. The lowest BCUT2D eigenvalue weighted by molar-refractivity contribution is -0.137. The van der Waals surface area contributed by atoms with Crippen LogP contribution in [0.2, 0.25) is 0 Å². The van der Waals surface area contributed by atoms with E-state index in [4.69, 9.17) is 0 Å². The van der Waals surface area contributed by atoms with E-state index in [1.807, 2.05) is 11.4 Å². The summed E-state index contributed by atoms with van der Waals surface area (Å²) in [5.41, 5.74) is 0.0612. The normalized spacial score (nSPS) is 11.7. The fourth-order valence-corrected chi connectivity index (χ4v) is 2.47. The Morgan fingerprint density at radius 3 is 2.63 bits per heavy atom. The van der Waals surface area contributed by atoms with E-state index in [-0.39, 0.29) is 0 Å². The maximum atomic E-state index is 12.5. The second-order valence-electron chi connectivity index (χ2n) is 4.20. The van der Waals surface area contributed by atoms with Crippen molar-refractivity contribution in [1.29, 1.82) is 0 Å². The molecule has 0 fully saturated rings. The summed E-state index contributed by atoms with van der Waals surface area (Å²) < 4.78 is 37.6. The Morgan fingerprint density at radius 1 is 1.11 bits per heavy atom. The average molecular weight is 285 g/mol. The number of nitrogens with one attached hydrogen (secondary N) is 1. The van der Waals surface area contributed by atoms with Crippen molar-refractivity contribution in [3.8, 4) is 0 Å². The number of rotatable bonds is 5. The third kappa shape index (κ3) is 4.36. The number of thiophene rings is 1. The van der Waals surface area contributed by atoms with Crippen molar-refractivity contribution in [2.75, 3.05) is 6.54 Å². The minimum absolute atomic E-state index is 0.454. The molecule has 1 aromatic heterocycles. The third-order valence-corrected chi connectivity index (χ3v) is 3.65. The van der Waals surface area contributed by atoms with Crippen molar-refractivity contribution in [3.63, 3.8) is 0 Å². The first-order valence-corrected chi connectivity index (χ1v) is 6.83. The lowest BCUT2D eigenvalue weighted by Gasteiger charge is -2.09. The molecule has 5 heteroatoms. The molecule has 1 nitrogen and oxygen atoms in total. The van der Waals surface area contributed by atoms with Crippen molar-refractivity contribution < 1.29 is 13.2 Å². The van der Waals surface area contributed by atoms with E-state index in [1.54, 1.807) is 17.4 Å². The highest BCUT2D eigenvalue weighted by atomic mass is 32.1. The molecule has 102 valence electrons. The molecule has 0 aliphatic carbocycles. The molecule has 1 N–H and O–H groups in total. The predicted octanol–water partition coefficient (Wildman–Crippen LogP) is 4.10. The van der Waals surface area contributed by atoms with Crippen LogP contribution in [-0.4, -0.2) is 6.54 Å². The Hall–Kier alpha value is -1.33. The number of hydrogen-bond donors (Lipinski definition) is 1. The van der Waals surface area contributed by atoms with Crippen molar-refractivity contribution in [2.45, 2.75) is 19.1 Å². The lowest BCUT2D eigenvalue weighted by Crippen LogP contribution is -2.16. The molecule has 0 bridgehead atoms.